The third kappa shape index (κ3) is 3.86. The minimum absolute atomic E-state index is 0.230. The van der Waals surface area contributed by atoms with Gasteiger partial charge in [-0.15, -0.1) is 0 Å². The molecule has 0 amide bonds. The van der Waals surface area contributed by atoms with Gasteiger partial charge in [-0.25, -0.2) is 4.39 Å². The minimum atomic E-state index is -0.448. The van der Waals surface area contributed by atoms with Crippen molar-refractivity contribution in [2.24, 2.45) is 0 Å². The summed E-state index contributed by atoms with van der Waals surface area (Å²) in [4.78, 5) is 0. The summed E-state index contributed by atoms with van der Waals surface area (Å²) in [6.45, 7) is 2.62. The highest BCUT2D eigenvalue weighted by Gasteiger charge is 2.06. The Balaban J connectivity index is 2.27. The average Bonchev–Trinajstić information content (AvgIpc) is 2.46. The van der Waals surface area contributed by atoms with Gasteiger partial charge in [0.1, 0.15) is 17.6 Å². The number of halogens is 1. The molecule has 0 aliphatic rings. The molecule has 2 rings (SSSR count). The van der Waals surface area contributed by atoms with E-state index in [0.29, 0.717) is 29.4 Å². The molecular weight excluding hydrogens is 269 g/mol. The van der Waals surface area contributed by atoms with Crippen molar-refractivity contribution in [3.8, 4) is 11.8 Å². The van der Waals surface area contributed by atoms with Crippen molar-refractivity contribution >= 4 is 17.1 Å². The first kappa shape index (κ1) is 14.7. The van der Waals surface area contributed by atoms with Gasteiger partial charge in [0, 0.05) is 23.5 Å². The number of nitrogen functional groups attached to an aromatic ring is 1. The van der Waals surface area contributed by atoms with E-state index >= 15 is 0 Å². The van der Waals surface area contributed by atoms with E-state index in [-0.39, 0.29) is 5.56 Å². The second kappa shape index (κ2) is 6.62. The van der Waals surface area contributed by atoms with Gasteiger partial charge in [-0.05, 0) is 30.7 Å². The van der Waals surface area contributed by atoms with Crippen LogP contribution in [0.4, 0.5) is 21.5 Å². The molecule has 0 unspecified atom stereocenters. The van der Waals surface area contributed by atoms with Crippen LogP contribution in [0.2, 0.25) is 0 Å². The summed E-state index contributed by atoms with van der Waals surface area (Å²) < 4.78 is 18.7. The maximum Gasteiger partial charge on any atom is 0.124 e. The molecule has 0 saturated carbocycles. The van der Waals surface area contributed by atoms with Crippen LogP contribution in [0.25, 0.3) is 0 Å². The molecule has 3 N–H and O–H groups in total. The van der Waals surface area contributed by atoms with Gasteiger partial charge < -0.3 is 15.8 Å². The molecule has 0 heterocycles. The van der Waals surface area contributed by atoms with Gasteiger partial charge in [-0.2, -0.15) is 5.26 Å². The summed E-state index contributed by atoms with van der Waals surface area (Å²) in [6.07, 6.45) is 0.897. The number of nitriles is 1. The topological polar surface area (TPSA) is 71.1 Å². The van der Waals surface area contributed by atoms with Crippen LogP contribution in [0, 0.1) is 17.1 Å². The SMILES string of the molecule is CCCOc1cc(N)cc(Nc2ccc(F)cc2C#N)c1. The Morgan fingerprint density at radius 3 is 2.81 bits per heavy atom. The highest BCUT2D eigenvalue weighted by molar-refractivity contribution is 5.70. The fourth-order valence-corrected chi connectivity index (χ4v) is 1.87. The summed E-state index contributed by atoms with van der Waals surface area (Å²) >= 11 is 0. The lowest BCUT2D eigenvalue weighted by atomic mass is 10.1. The summed E-state index contributed by atoms with van der Waals surface area (Å²) in [7, 11) is 0. The van der Waals surface area contributed by atoms with Crippen molar-refractivity contribution in [1.82, 2.24) is 0 Å². The van der Waals surface area contributed by atoms with E-state index in [2.05, 4.69) is 5.32 Å². The van der Waals surface area contributed by atoms with E-state index in [0.717, 1.165) is 6.42 Å². The van der Waals surface area contributed by atoms with Crippen molar-refractivity contribution in [1.29, 1.82) is 5.26 Å². The standard InChI is InChI=1S/C16H16FN3O/c1-2-5-21-15-8-13(19)7-14(9-15)20-16-4-3-12(17)6-11(16)10-18/h3-4,6-9,20H,2,5,19H2,1H3. The number of nitrogens with zero attached hydrogens (tertiary/aromatic N) is 1. The number of ether oxygens (including phenoxy) is 1. The Morgan fingerprint density at radius 2 is 2.10 bits per heavy atom. The van der Waals surface area contributed by atoms with Crippen LogP contribution in [-0.2, 0) is 0 Å². The summed E-state index contributed by atoms with van der Waals surface area (Å²) in [5.74, 6) is 0.205. The zero-order chi connectivity index (χ0) is 15.2. The molecule has 2 aromatic carbocycles. The fourth-order valence-electron chi connectivity index (χ4n) is 1.87. The predicted octanol–water partition coefficient (Wildman–Crippen LogP) is 3.81. The number of benzene rings is 2. The van der Waals surface area contributed by atoms with Crippen LogP contribution in [0.1, 0.15) is 18.9 Å². The smallest absolute Gasteiger partial charge is 0.124 e. The van der Waals surface area contributed by atoms with Crippen LogP contribution in [0.15, 0.2) is 36.4 Å². The second-order valence-corrected chi connectivity index (χ2v) is 4.57. The number of nitrogens with one attached hydrogen (secondary N) is 1. The molecule has 4 nitrogen and oxygen atoms in total. The molecule has 0 saturated heterocycles. The molecule has 108 valence electrons. The third-order valence-corrected chi connectivity index (χ3v) is 2.78. The number of anilines is 3. The zero-order valence-corrected chi connectivity index (χ0v) is 11.7. The van der Waals surface area contributed by atoms with Gasteiger partial charge >= 0.3 is 0 Å². The molecule has 0 atom stereocenters. The molecule has 0 aliphatic carbocycles. The molecule has 21 heavy (non-hydrogen) atoms. The van der Waals surface area contributed by atoms with Crippen LogP contribution in [0.5, 0.6) is 5.75 Å². The van der Waals surface area contributed by atoms with E-state index in [1.54, 1.807) is 18.2 Å². The Morgan fingerprint density at radius 1 is 1.29 bits per heavy atom. The summed E-state index contributed by atoms with van der Waals surface area (Å²) in [5, 5.41) is 12.1. The van der Waals surface area contributed by atoms with Crippen LogP contribution in [0.3, 0.4) is 0 Å². The first-order chi connectivity index (χ1) is 10.1. The van der Waals surface area contributed by atoms with Crippen molar-refractivity contribution < 1.29 is 9.13 Å². The number of hydrogen-bond donors (Lipinski definition) is 2. The van der Waals surface area contributed by atoms with Gasteiger partial charge in [0.25, 0.3) is 0 Å². The Labute approximate surface area is 123 Å². The molecule has 0 spiro atoms. The lowest BCUT2D eigenvalue weighted by molar-refractivity contribution is 0.318. The van der Waals surface area contributed by atoms with E-state index in [9.17, 15) is 4.39 Å². The van der Waals surface area contributed by atoms with Gasteiger partial charge in [0.05, 0.1) is 17.9 Å². The second-order valence-electron chi connectivity index (χ2n) is 4.57. The maximum atomic E-state index is 13.1. The molecule has 2 aromatic rings. The van der Waals surface area contributed by atoms with Crippen LogP contribution < -0.4 is 15.8 Å². The van der Waals surface area contributed by atoms with E-state index in [1.165, 1.54) is 18.2 Å². The van der Waals surface area contributed by atoms with E-state index in [1.807, 2.05) is 13.0 Å². The van der Waals surface area contributed by atoms with Gasteiger partial charge in [-0.1, -0.05) is 6.92 Å². The van der Waals surface area contributed by atoms with Gasteiger partial charge in [-0.3, -0.25) is 0 Å². The third-order valence-electron chi connectivity index (χ3n) is 2.78. The van der Waals surface area contributed by atoms with Crippen LogP contribution in [-0.4, -0.2) is 6.61 Å². The summed E-state index contributed by atoms with van der Waals surface area (Å²) in [5.41, 5.74) is 7.82. The normalized spacial score (nSPS) is 9.95. The molecule has 0 bridgehead atoms. The number of rotatable bonds is 5. The Bertz CT molecular complexity index is 680. The molecule has 0 aromatic heterocycles. The van der Waals surface area contributed by atoms with Crippen molar-refractivity contribution in [3.05, 3.63) is 47.8 Å². The minimum Gasteiger partial charge on any atom is -0.493 e. The highest BCUT2D eigenvalue weighted by Crippen LogP contribution is 2.27. The zero-order valence-electron chi connectivity index (χ0n) is 11.7. The lowest BCUT2D eigenvalue weighted by Gasteiger charge is -2.12. The molecule has 0 radical (unpaired) electrons. The largest absolute Gasteiger partial charge is 0.493 e. The monoisotopic (exact) mass is 285 g/mol. The number of hydrogen-bond acceptors (Lipinski definition) is 4. The molecule has 0 aliphatic heterocycles. The van der Waals surface area contributed by atoms with E-state index < -0.39 is 5.82 Å². The number of nitrogens with two attached hydrogens (primary N) is 1. The predicted molar refractivity (Wildman–Crippen MR) is 81.0 cm³/mol. The Hall–Kier alpha value is -2.74. The first-order valence-corrected chi connectivity index (χ1v) is 6.62. The average molecular weight is 285 g/mol. The van der Waals surface area contributed by atoms with Gasteiger partial charge in [0.2, 0.25) is 0 Å². The van der Waals surface area contributed by atoms with Crippen molar-refractivity contribution in [3.63, 3.8) is 0 Å². The maximum absolute atomic E-state index is 13.1. The molecule has 5 heteroatoms. The lowest BCUT2D eigenvalue weighted by Crippen LogP contribution is -1.99. The fraction of sp³-hybridized carbons (Fsp3) is 0.188. The van der Waals surface area contributed by atoms with Crippen molar-refractivity contribution in [2.75, 3.05) is 17.7 Å². The van der Waals surface area contributed by atoms with Gasteiger partial charge in [0.15, 0.2) is 0 Å². The summed E-state index contributed by atoms with van der Waals surface area (Å²) in [6, 6.07) is 11.2. The molecule has 0 fully saturated rings. The van der Waals surface area contributed by atoms with E-state index in [4.69, 9.17) is 15.7 Å². The first-order valence-electron chi connectivity index (χ1n) is 6.62. The molecular formula is C16H16FN3O. The van der Waals surface area contributed by atoms with Crippen molar-refractivity contribution in [2.45, 2.75) is 13.3 Å². The Kier molecular flexibility index (Phi) is 4.62. The highest BCUT2D eigenvalue weighted by atomic mass is 19.1. The quantitative estimate of drug-likeness (QED) is 0.819. The van der Waals surface area contributed by atoms with Crippen LogP contribution >= 0.6 is 0 Å².